The van der Waals surface area contributed by atoms with E-state index in [4.69, 9.17) is 11.6 Å². The quantitative estimate of drug-likeness (QED) is 0.869. The maximum atomic E-state index is 12.6. The molecule has 0 atom stereocenters. The van der Waals surface area contributed by atoms with Gasteiger partial charge in [0.05, 0.1) is 15.5 Å². The Kier molecular flexibility index (Phi) is 4.41. The van der Waals surface area contributed by atoms with Gasteiger partial charge in [-0.15, -0.1) is 6.58 Å². The van der Waals surface area contributed by atoms with Gasteiger partial charge in [0, 0.05) is 6.54 Å². The Hall–Kier alpha value is -1.05. The summed E-state index contributed by atoms with van der Waals surface area (Å²) >= 11 is 5.38. The fourth-order valence-corrected chi connectivity index (χ4v) is 2.39. The van der Waals surface area contributed by atoms with Crippen molar-refractivity contribution in [1.29, 1.82) is 0 Å². The van der Waals surface area contributed by atoms with Gasteiger partial charge in [-0.2, -0.15) is 13.2 Å². The lowest BCUT2D eigenvalue weighted by atomic mass is 10.2. The molecule has 1 rings (SSSR count). The van der Waals surface area contributed by atoms with E-state index >= 15 is 0 Å². The molecule has 8 heteroatoms. The molecule has 100 valence electrons. The lowest BCUT2D eigenvalue weighted by Crippen LogP contribution is -2.24. The number of sulfonamides is 1. The summed E-state index contributed by atoms with van der Waals surface area (Å²) in [6.07, 6.45) is -3.43. The summed E-state index contributed by atoms with van der Waals surface area (Å²) in [4.78, 5) is -0.499. The summed E-state index contributed by atoms with van der Waals surface area (Å²) in [5.74, 6) is 0. The number of hydrogen-bond donors (Lipinski definition) is 1. The third kappa shape index (κ3) is 3.47. The average Bonchev–Trinajstić information content (AvgIpc) is 2.25. The van der Waals surface area contributed by atoms with E-state index in [9.17, 15) is 21.6 Å². The zero-order valence-electron chi connectivity index (χ0n) is 8.96. The molecule has 0 aliphatic carbocycles. The van der Waals surface area contributed by atoms with Crippen LogP contribution in [0.25, 0.3) is 0 Å². The first-order valence-electron chi connectivity index (χ1n) is 4.66. The van der Waals surface area contributed by atoms with Crippen molar-refractivity contribution in [2.75, 3.05) is 6.54 Å². The molecule has 0 heterocycles. The molecule has 1 aromatic carbocycles. The summed E-state index contributed by atoms with van der Waals surface area (Å²) in [7, 11) is -4.00. The second-order valence-corrected chi connectivity index (χ2v) is 5.45. The van der Waals surface area contributed by atoms with Gasteiger partial charge < -0.3 is 0 Å². The van der Waals surface area contributed by atoms with E-state index in [1.54, 1.807) is 0 Å². The van der Waals surface area contributed by atoms with E-state index < -0.39 is 31.7 Å². The predicted molar refractivity (Wildman–Crippen MR) is 61.8 cm³/mol. The molecule has 0 spiro atoms. The van der Waals surface area contributed by atoms with Crippen LogP contribution in [-0.4, -0.2) is 15.0 Å². The SMILES string of the molecule is C=CCNS(=O)(=O)c1ccc(Cl)c(C(F)(F)F)c1. The molecule has 0 unspecified atom stereocenters. The van der Waals surface area contributed by atoms with Gasteiger partial charge in [0.25, 0.3) is 0 Å². The Bertz CT molecular complexity index is 555. The minimum atomic E-state index is -4.71. The standard InChI is InChI=1S/C10H9ClF3NO2S/c1-2-5-15-18(16,17)7-3-4-9(11)8(6-7)10(12,13)14/h2-4,6,15H,1,5H2. The molecule has 0 fully saturated rings. The van der Waals surface area contributed by atoms with Gasteiger partial charge in [-0.25, -0.2) is 13.1 Å². The minimum absolute atomic E-state index is 0.0771. The molecule has 0 radical (unpaired) electrons. The summed E-state index contributed by atoms with van der Waals surface area (Å²) in [5, 5.41) is -0.551. The van der Waals surface area contributed by atoms with Crippen molar-refractivity contribution < 1.29 is 21.6 Å². The second-order valence-electron chi connectivity index (χ2n) is 3.28. The van der Waals surface area contributed by atoms with Crippen LogP contribution in [0.15, 0.2) is 35.7 Å². The van der Waals surface area contributed by atoms with Gasteiger partial charge in [-0.1, -0.05) is 17.7 Å². The molecule has 0 aliphatic rings. The van der Waals surface area contributed by atoms with Crippen LogP contribution in [0.2, 0.25) is 5.02 Å². The molecule has 1 aromatic rings. The summed E-state index contributed by atoms with van der Waals surface area (Å²) in [5.41, 5.74) is -1.19. The summed E-state index contributed by atoms with van der Waals surface area (Å²) in [6.45, 7) is 3.22. The lowest BCUT2D eigenvalue weighted by molar-refractivity contribution is -0.137. The van der Waals surface area contributed by atoms with Gasteiger partial charge in [-0.05, 0) is 18.2 Å². The van der Waals surface area contributed by atoms with Gasteiger partial charge in [0.15, 0.2) is 0 Å². The Balaban J connectivity index is 3.25. The van der Waals surface area contributed by atoms with Crippen molar-refractivity contribution >= 4 is 21.6 Å². The number of halogens is 4. The van der Waals surface area contributed by atoms with E-state index in [1.165, 1.54) is 6.08 Å². The number of alkyl halides is 3. The Morgan fingerprint density at radius 2 is 2.00 bits per heavy atom. The lowest BCUT2D eigenvalue weighted by Gasteiger charge is -2.11. The van der Waals surface area contributed by atoms with Gasteiger partial charge in [0.1, 0.15) is 0 Å². The van der Waals surface area contributed by atoms with Crippen LogP contribution < -0.4 is 4.72 Å². The van der Waals surface area contributed by atoms with Crippen molar-refractivity contribution in [2.45, 2.75) is 11.1 Å². The molecule has 1 N–H and O–H groups in total. The Labute approximate surface area is 107 Å². The Morgan fingerprint density at radius 3 is 2.50 bits per heavy atom. The first-order valence-corrected chi connectivity index (χ1v) is 6.52. The van der Waals surface area contributed by atoms with Gasteiger partial charge >= 0.3 is 6.18 Å². The van der Waals surface area contributed by atoms with Gasteiger partial charge in [-0.3, -0.25) is 0 Å². The summed E-state index contributed by atoms with van der Waals surface area (Å²) in [6, 6.07) is 2.39. The molecular formula is C10H9ClF3NO2S. The third-order valence-corrected chi connectivity index (χ3v) is 3.72. The number of hydrogen-bond acceptors (Lipinski definition) is 2. The highest BCUT2D eigenvalue weighted by atomic mass is 35.5. The zero-order chi connectivity index (χ0) is 14.0. The molecule has 0 saturated carbocycles. The van der Waals surface area contributed by atoms with Crippen molar-refractivity contribution in [3.8, 4) is 0 Å². The number of nitrogens with one attached hydrogen (secondary N) is 1. The highest BCUT2D eigenvalue weighted by Crippen LogP contribution is 2.35. The molecule has 0 amide bonds. The largest absolute Gasteiger partial charge is 0.417 e. The fourth-order valence-electron chi connectivity index (χ4n) is 1.14. The topological polar surface area (TPSA) is 46.2 Å². The van der Waals surface area contributed by atoms with E-state index in [-0.39, 0.29) is 6.54 Å². The van der Waals surface area contributed by atoms with Crippen LogP contribution in [0.1, 0.15) is 5.56 Å². The van der Waals surface area contributed by atoms with E-state index in [0.717, 1.165) is 12.1 Å². The highest BCUT2D eigenvalue weighted by molar-refractivity contribution is 7.89. The molecule has 0 saturated heterocycles. The molecule has 18 heavy (non-hydrogen) atoms. The monoisotopic (exact) mass is 299 g/mol. The van der Waals surface area contributed by atoms with E-state index in [1.807, 2.05) is 0 Å². The van der Waals surface area contributed by atoms with Crippen molar-refractivity contribution in [3.63, 3.8) is 0 Å². The summed E-state index contributed by atoms with van der Waals surface area (Å²) < 4.78 is 63.0. The molecule has 0 bridgehead atoms. The maximum Gasteiger partial charge on any atom is 0.417 e. The maximum absolute atomic E-state index is 12.6. The number of rotatable bonds is 4. The second kappa shape index (κ2) is 5.29. The fraction of sp³-hybridized carbons (Fsp3) is 0.200. The third-order valence-electron chi connectivity index (χ3n) is 1.97. The molecule has 0 aliphatic heterocycles. The zero-order valence-corrected chi connectivity index (χ0v) is 10.5. The van der Waals surface area contributed by atoms with Crippen LogP contribution >= 0.6 is 11.6 Å². The predicted octanol–water partition coefficient (Wildman–Crippen LogP) is 2.82. The average molecular weight is 300 g/mol. The van der Waals surface area contributed by atoms with Crippen LogP contribution in [0, 0.1) is 0 Å². The molecule has 3 nitrogen and oxygen atoms in total. The van der Waals surface area contributed by atoms with Crippen LogP contribution in [0.5, 0.6) is 0 Å². The number of benzene rings is 1. The highest BCUT2D eigenvalue weighted by Gasteiger charge is 2.34. The van der Waals surface area contributed by atoms with Crippen LogP contribution in [-0.2, 0) is 16.2 Å². The van der Waals surface area contributed by atoms with Crippen molar-refractivity contribution in [1.82, 2.24) is 4.72 Å². The van der Waals surface area contributed by atoms with Crippen molar-refractivity contribution in [3.05, 3.63) is 41.4 Å². The molecular weight excluding hydrogens is 291 g/mol. The van der Waals surface area contributed by atoms with Gasteiger partial charge in [0.2, 0.25) is 10.0 Å². The van der Waals surface area contributed by atoms with E-state index in [2.05, 4.69) is 11.3 Å². The first kappa shape index (κ1) is 15.0. The molecule has 0 aromatic heterocycles. The Morgan fingerprint density at radius 1 is 1.39 bits per heavy atom. The first-order chi connectivity index (χ1) is 8.18. The van der Waals surface area contributed by atoms with Crippen LogP contribution in [0.4, 0.5) is 13.2 Å². The van der Waals surface area contributed by atoms with Crippen LogP contribution in [0.3, 0.4) is 0 Å². The smallest absolute Gasteiger partial charge is 0.207 e. The minimum Gasteiger partial charge on any atom is -0.207 e. The van der Waals surface area contributed by atoms with E-state index in [0.29, 0.717) is 6.07 Å². The normalized spacial score (nSPS) is 12.4. The van der Waals surface area contributed by atoms with Crippen molar-refractivity contribution in [2.24, 2.45) is 0 Å².